The molecule has 0 saturated heterocycles. The van der Waals surface area contributed by atoms with Gasteiger partial charge < -0.3 is 9.32 Å². The number of benzene rings is 7. The number of hydrogen-bond donors (Lipinski definition) is 0. The summed E-state index contributed by atoms with van der Waals surface area (Å²) in [6, 6.07) is 50.9. The van der Waals surface area contributed by atoms with Gasteiger partial charge in [0, 0.05) is 47.6 Å². The summed E-state index contributed by atoms with van der Waals surface area (Å²) in [6.45, 7) is 4.71. The Labute approximate surface area is 270 Å². The summed E-state index contributed by atoms with van der Waals surface area (Å²) in [6.07, 6.45) is 0. The quantitative estimate of drug-likeness (QED) is 0.199. The minimum atomic E-state index is -0.112. The van der Waals surface area contributed by atoms with Gasteiger partial charge in [-0.1, -0.05) is 117 Å². The fourth-order valence-corrected chi connectivity index (χ4v) is 9.06. The van der Waals surface area contributed by atoms with Crippen LogP contribution in [0, 0.1) is 0 Å². The molecule has 2 aromatic heterocycles. The second-order valence-electron chi connectivity index (χ2n) is 12.9. The molecule has 2 nitrogen and oxygen atoms in total. The molecule has 3 heteroatoms. The van der Waals surface area contributed by atoms with Gasteiger partial charge in [-0.25, -0.2) is 0 Å². The predicted octanol–water partition coefficient (Wildman–Crippen LogP) is 12.9. The smallest absolute Gasteiger partial charge is 0.138 e. The number of anilines is 3. The monoisotopic (exact) mass is 607 g/mol. The molecule has 46 heavy (non-hydrogen) atoms. The van der Waals surface area contributed by atoms with Gasteiger partial charge in [-0.05, 0) is 58.5 Å². The van der Waals surface area contributed by atoms with E-state index in [-0.39, 0.29) is 5.41 Å². The van der Waals surface area contributed by atoms with Crippen LogP contribution in [-0.2, 0) is 5.41 Å². The molecule has 0 bridgehead atoms. The van der Waals surface area contributed by atoms with E-state index in [1.807, 2.05) is 11.3 Å². The Balaban J connectivity index is 1.38. The van der Waals surface area contributed by atoms with Crippen LogP contribution in [0.3, 0.4) is 0 Å². The van der Waals surface area contributed by atoms with Gasteiger partial charge in [-0.3, -0.25) is 0 Å². The molecule has 2 heterocycles. The topological polar surface area (TPSA) is 16.4 Å². The van der Waals surface area contributed by atoms with E-state index in [1.54, 1.807) is 0 Å². The van der Waals surface area contributed by atoms with Crippen molar-refractivity contribution in [2.45, 2.75) is 19.3 Å². The van der Waals surface area contributed by atoms with Crippen LogP contribution in [0.5, 0.6) is 0 Å². The molecule has 1 aliphatic rings. The Morgan fingerprint density at radius 1 is 0.565 bits per heavy atom. The molecular weight excluding hydrogens is 579 g/mol. The molecule has 218 valence electrons. The average Bonchev–Trinajstić information content (AvgIpc) is 3.72. The fraction of sp³-hybridized carbons (Fsp3) is 0.0698. The highest BCUT2D eigenvalue weighted by Gasteiger charge is 2.38. The van der Waals surface area contributed by atoms with Crippen LogP contribution in [0.1, 0.15) is 25.0 Å². The Morgan fingerprint density at radius 2 is 1.28 bits per heavy atom. The number of fused-ring (bicyclic) bond motifs is 10. The molecule has 0 fully saturated rings. The number of para-hydroxylation sites is 1. The second-order valence-corrected chi connectivity index (χ2v) is 14.0. The van der Waals surface area contributed by atoms with Gasteiger partial charge in [0.2, 0.25) is 0 Å². The first-order chi connectivity index (χ1) is 22.6. The summed E-state index contributed by atoms with van der Waals surface area (Å²) in [5.41, 5.74) is 10.5. The molecule has 1 aliphatic carbocycles. The van der Waals surface area contributed by atoms with Crippen LogP contribution in [0.4, 0.5) is 17.1 Å². The van der Waals surface area contributed by atoms with Crippen LogP contribution in [0.2, 0.25) is 0 Å². The Morgan fingerprint density at radius 3 is 2.20 bits per heavy atom. The molecule has 0 saturated carbocycles. The molecule has 0 spiro atoms. The molecule has 0 aliphatic heterocycles. The minimum absolute atomic E-state index is 0.112. The Kier molecular flexibility index (Phi) is 5.25. The van der Waals surface area contributed by atoms with Gasteiger partial charge in [0.05, 0.1) is 16.8 Å². The molecular formula is C43H29NOS. The number of hydrogen-bond acceptors (Lipinski definition) is 3. The van der Waals surface area contributed by atoms with Crippen molar-refractivity contribution in [2.24, 2.45) is 0 Å². The van der Waals surface area contributed by atoms with E-state index < -0.39 is 0 Å². The van der Waals surface area contributed by atoms with Gasteiger partial charge >= 0.3 is 0 Å². The number of nitrogens with zero attached hydrogens (tertiary/aromatic N) is 1. The molecule has 9 aromatic rings. The van der Waals surface area contributed by atoms with E-state index in [4.69, 9.17) is 4.42 Å². The van der Waals surface area contributed by atoms with Crippen molar-refractivity contribution in [3.8, 4) is 11.1 Å². The van der Waals surface area contributed by atoms with Crippen LogP contribution in [0.15, 0.2) is 144 Å². The van der Waals surface area contributed by atoms with E-state index in [0.717, 1.165) is 38.7 Å². The number of rotatable bonds is 3. The summed E-state index contributed by atoms with van der Waals surface area (Å²) in [5, 5.41) is 7.22. The summed E-state index contributed by atoms with van der Waals surface area (Å²) < 4.78 is 9.18. The molecule has 0 N–H and O–H groups in total. The molecule has 10 rings (SSSR count). The SMILES string of the molecule is CC1(C)c2ccccc2-c2c(N(c3ccc4c(c3)sc3ccccc34)c3c4ccccc4cc4oc5ccccc5c34)cccc21. The Hall–Kier alpha value is -5.38. The molecule has 0 amide bonds. The van der Waals surface area contributed by atoms with Crippen LogP contribution in [0.25, 0.3) is 64.0 Å². The van der Waals surface area contributed by atoms with E-state index in [1.165, 1.54) is 53.5 Å². The number of furan rings is 1. The van der Waals surface area contributed by atoms with E-state index in [9.17, 15) is 0 Å². The maximum absolute atomic E-state index is 6.59. The van der Waals surface area contributed by atoms with Gasteiger partial charge in [0.1, 0.15) is 11.2 Å². The van der Waals surface area contributed by atoms with Crippen LogP contribution in [-0.4, -0.2) is 0 Å². The zero-order valence-corrected chi connectivity index (χ0v) is 26.4. The number of thiophene rings is 1. The second kappa shape index (κ2) is 9.32. The van der Waals surface area contributed by atoms with Crippen molar-refractivity contribution in [3.05, 3.63) is 151 Å². The lowest BCUT2D eigenvalue weighted by Crippen LogP contribution is -2.16. The lowest BCUT2D eigenvalue weighted by Gasteiger charge is -2.30. The van der Waals surface area contributed by atoms with Crippen LogP contribution >= 0.6 is 11.3 Å². The third kappa shape index (κ3) is 3.46. The fourth-order valence-electron chi connectivity index (χ4n) is 7.92. The molecule has 0 atom stereocenters. The normalized spacial score (nSPS) is 13.6. The van der Waals surface area contributed by atoms with E-state index in [2.05, 4.69) is 158 Å². The largest absolute Gasteiger partial charge is 0.456 e. The van der Waals surface area contributed by atoms with Crippen molar-refractivity contribution in [1.29, 1.82) is 0 Å². The average molecular weight is 608 g/mol. The maximum atomic E-state index is 6.59. The van der Waals surface area contributed by atoms with E-state index >= 15 is 0 Å². The van der Waals surface area contributed by atoms with Gasteiger partial charge in [-0.15, -0.1) is 11.3 Å². The van der Waals surface area contributed by atoms with Crippen molar-refractivity contribution >= 4 is 81.3 Å². The summed E-state index contributed by atoms with van der Waals surface area (Å²) in [4.78, 5) is 2.52. The van der Waals surface area contributed by atoms with Crippen molar-refractivity contribution in [2.75, 3.05) is 4.90 Å². The van der Waals surface area contributed by atoms with Gasteiger partial charge in [-0.2, -0.15) is 0 Å². The Bertz CT molecular complexity index is 2690. The van der Waals surface area contributed by atoms with Crippen molar-refractivity contribution in [1.82, 2.24) is 0 Å². The minimum Gasteiger partial charge on any atom is -0.456 e. The summed E-state index contributed by atoms with van der Waals surface area (Å²) in [7, 11) is 0. The highest BCUT2D eigenvalue weighted by Crippen LogP contribution is 2.56. The molecule has 0 unspecified atom stereocenters. The lowest BCUT2D eigenvalue weighted by atomic mass is 9.82. The zero-order chi connectivity index (χ0) is 30.6. The first-order valence-corrected chi connectivity index (χ1v) is 16.7. The van der Waals surface area contributed by atoms with Crippen molar-refractivity contribution < 1.29 is 4.42 Å². The first kappa shape index (κ1) is 25.9. The molecule has 0 radical (unpaired) electrons. The standard InChI is InChI=1S/C43H29NOS/c1-43(2)33-17-8-5-15-31(33)40-34(43)18-11-19-35(40)44(27-22-23-30-29-14-7-10-21-38(29)46-39(30)25-27)42-28-13-4-3-12-26(28)24-37-41(42)32-16-6-9-20-36(32)45-37/h3-25H,1-2H3. The highest BCUT2D eigenvalue weighted by atomic mass is 32.1. The van der Waals surface area contributed by atoms with E-state index in [0.29, 0.717) is 0 Å². The van der Waals surface area contributed by atoms with Gasteiger partial charge in [0.25, 0.3) is 0 Å². The maximum Gasteiger partial charge on any atom is 0.138 e. The third-order valence-electron chi connectivity index (χ3n) is 10.0. The van der Waals surface area contributed by atoms with Crippen LogP contribution < -0.4 is 4.90 Å². The zero-order valence-electron chi connectivity index (χ0n) is 25.5. The lowest BCUT2D eigenvalue weighted by molar-refractivity contribution is 0.660. The summed E-state index contributed by atoms with van der Waals surface area (Å²) >= 11 is 1.86. The first-order valence-electron chi connectivity index (χ1n) is 15.9. The molecule has 7 aromatic carbocycles. The van der Waals surface area contributed by atoms with Crippen molar-refractivity contribution in [3.63, 3.8) is 0 Å². The summed E-state index contributed by atoms with van der Waals surface area (Å²) in [5.74, 6) is 0. The third-order valence-corrected chi connectivity index (χ3v) is 11.2. The predicted molar refractivity (Wildman–Crippen MR) is 196 cm³/mol. The highest BCUT2D eigenvalue weighted by molar-refractivity contribution is 7.25. The van der Waals surface area contributed by atoms with Gasteiger partial charge in [0.15, 0.2) is 0 Å².